The molecule has 0 bridgehead atoms. The number of hydrogen-bond donors (Lipinski definition) is 3. The first kappa shape index (κ1) is 42.1. The Balaban J connectivity index is 1.14. The van der Waals surface area contributed by atoms with Gasteiger partial charge in [0.15, 0.2) is 11.8 Å². The summed E-state index contributed by atoms with van der Waals surface area (Å²) < 4.78 is 11.5. The van der Waals surface area contributed by atoms with Gasteiger partial charge < -0.3 is 24.8 Å². The molecule has 8 aliphatic rings. The van der Waals surface area contributed by atoms with Gasteiger partial charge in [0.25, 0.3) is 0 Å². The topological polar surface area (TPSA) is 136 Å². The zero-order valence-corrected chi connectivity index (χ0v) is 37.4. The number of aliphatic hydroxyl groups is 2. The Kier molecular flexibility index (Phi) is 10.1. The number of benzene rings is 1. The van der Waals surface area contributed by atoms with Crippen LogP contribution in [0.2, 0.25) is 0 Å². The molecule has 60 heavy (non-hydrogen) atoms. The lowest BCUT2D eigenvalue weighted by Crippen LogP contribution is -3.11. The fourth-order valence-corrected chi connectivity index (χ4v) is 14.8. The summed E-state index contributed by atoms with van der Waals surface area (Å²) in [4.78, 5) is 34.3. The summed E-state index contributed by atoms with van der Waals surface area (Å²) in [6.07, 6.45) is 11.0. The van der Waals surface area contributed by atoms with Gasteiger partial charge in [0.1, 0.15) is 23.8 Å². The van der Waals surface area contributed by atoms with E-state index in [9.17, 15) is 24.9 Å². The van der Waals surface area contributed by atoms with E-state index in [1.807, 2.05) is 20.0 Å². The minimum Gasteiger partial charge on any atom is -0.877 e. The lowest BCUT2D eigenvalue weighted by Gasteiger charge is -2.69. The van der Waals surface area contributed by atoms with Gasteiger partial charge in [-0.15, -0.1) is 6.26 Å². The predicted molar refractivity (Wildman–Crippen MR) is 230 cm³/mol. The van der Waals surface area contributed by atoms with Crippen molar-refractivity contribution in [1.82, 2.24) is 0 Å². The second kappa shape index (κ2) is 14.4. The van der Waals surface area contributed by atoms with Crippen LogP contribution in [0.15, 0.2) is 64.6 Å². The summed E-state index contributed by atoms with van der Waals surface area (Å²) >= 11 is 0. The Morgan fingerprint density at radius 1 is 1.05 bits per heavy atom. The van der Waals surface area contributed by atoms with Crippen molar-refractivity contribution in [3.63, 3.8) is 0 Å². The van der Waals surface area contributed by atoms with Gasteiger partial charge in [-0.1, -0.05) is 65.3 Å². The standard InChI is InChI=1S/C51H68N2O7/c1-28-20-31(30-13-18-59-19-14-30)23-32(21-28)35(27-54)33-25-53(36-12-17-52-43(33)36)26-34-42-41(29(2)22-37(55)46-48(5,6)60-46)38(56)24-51(42,9)50(8)16-10-39-47(3,4)40(57)11-15-49(39,7)45(50)44(34)58/h12,17,20-21,23,25,27,29-30,34,36-37,39,44-46,54-55,58H,10-11,13-16,18-19,22,24,26H2,1-9H3. The summed E-state index contributed by atoms with van der Waals surface area (Å²) in [6.45, 7) is 21.3. The lowest BCUT2D eigenvalue weighted by atomic mass is 9.34. The van der Waals surface area contributed by atoms with Gasteiger partial charge >= 0.3 is 0 Å². The monoisotopic (exact) mass is 821 g/mol. The second-order valence-corrected chi connectivity index (χ2v) is 22.1. The average Bonchev–Trinajstić information content (AvgIpc) is 3.48. The smallest absolute Gasteiger partial charge is 0.160 e. The predicted octanol–water partition coefficient (Wildman–Crippen LogP) is 5.97. The molecule has 9 rings (SSSR count). The molecule has 1 aromatic carbocycles. The number of carbonyl (C=O) groups is 2. The highest BCUT2D eigenvalue weighted by Crippen LogP contribution is 2.74. The Morgan fingerprint density at radius 3 is 2.45 bits per heavy atom. The molecule has 12 unspecified atom stereocenters. The van der Waals surface area contributed by atoms with Crippen molar-refractivity contribution in [3.8, 4) is 0 Å². The quantitative estimate of drug-likeness (QED) is 0.207. The van der Waals surface area contributed by atoms with Crippen LogP contribution in [-0.2, 0) is 19.1 Å². The van der Waals surface area contributed by atoms with Crippen molar-refractivity contribution < 1.29 is 39.3 Å². The van der Waals surface area contributed by atoms with Crippen LogP contribution in [-0.4, -0.2) is 77.2 Å². The number of nitrogens with zero attached hydrogens (tertiary/aromatic N) is 1. The molecule has 4 heterocycles. The second-order valence-electron chi connectivity index (χ2n) is 22.1. The Bertz CT molecular complexity index is 2140. The molecule has 3 saturated carbocycles. The van der Waals surface area contributed by atoms with Crippen molar-refractivity contribution in [3.05, 3.63) is 76.3 Å². The van der Waals surface area contributed by atoms with Crippen LogP contribution in [0.1, 0.15) is 129 Å². The maximum Gasteiger partial charge on any atom is 0.160 e. The molecule has 1 aromatic rings. The minimum atomic E-state index is -0.775. The summed E-state index contributed by atoms with van der Waals surface area (Å²) in [5.74, 6) is 0.183. The third-order valence-electron chi connectivity index (χ3n) is 18.0. The van der Waals surface area contributed by atoms with Crippen molar-refractivity contribution in [2.24, 2.45) is 50.3 Å². The SMILES string of the molecule is Cc1cc(C(=C[O-])C2=C[NH+](CC3C4=C(C(C)CC(O)C5OC5(C)C)C(=O)CC4(C)C4(C)CCC5C(C)(C)C(=O)CCC5(C)C4C3O)C3C=CN=C23)cc(C2CCOCC2)c1. The molecule has 0 radical (unpaired) electrons. The first-order chi connectivity index (χ1) is 28.3. The van der Waals surface area contributed by atoms with Crippen molar-refractivity contribution in [2.45, 2.75) is 150 Å². The minimum absolute atomic E-state index is 0.119. The Labute approximate surface area is 357 Å². The number of aryl methyl sites for hydroxylation is 1. The van der Waals surface area contributed by atoms with E-state index in [0.717, 1.165) is 90.0 Å². The number of Topliss-reactive ketones (excluding diaryl/α,β-unsaturated/α-hetero) is 2. The van der Waals surface area contributed by atoms with E-state index in [2.05, 4.69) is 78.9 Å². The molecule has 3 N–H and O–H groups in total. The fraction of sp³-hybridized carbons (Fsp3) is 0.667. The van der Waals surface area contributed by atoms with Crippen LogP contribution in [0, 0.1) is 52.3 Å². The number of quaternary nitrogens is 1. The van der Waals surface area contributed by atoms with Gasteiger partial charge in [0.2, 0.25) is 0 Å². The van der Waals surface area contributed by atoms with Crippen LogP contribution in [0.25, 0.3) is 5.57 Å². The molecular formula is C51H68N2O7. The van der Waals surface area contributed by atoms with E-state index in [-0.39, 0.29) is 47.0 Å². The van der Waals surface area contributed by atoms with Crippen molar-refractivity contribution in [2.75, 3.05) is 19.8 Å². The molecule has 9 heteroatoms. The number of aliphatic hydroxyl groups excluding tert-OH is 2. The van der Waals surface area contributed by atoms with Crippen LogP contribution < -0.4 is 10.0 Å². The molecular weight excluding hydrogens is 753 g/mol. The number of rotatable bonds is 9. The molecule has 4 aliphatic heterocycles. The number of allylic oxidation sites excluding steroid dienone is 2. The number of nitrogens with one attached hydrogen (secondary N) is 1. The third-order valence-corrected chi connectivity index (χ3v) is 18.0. The van der Waals surface area contributed by atoms with E-state index >= 15 is 0 Å². The molecule has 12 atom stereocenters. The number of epoxide rings is 1. The molecule has 2 saturated heterocycles. The Morgan fingerprint density at radius 2 is 1.77 bits per heavy atom. The largest absolute Gasteiger partial charge is 0.877 e. The van der Waals surface area contributed by atoms with Crippen molar-refractivity contribution in [1.29, 1.82) is 0 Å². The van der Waals surface area contributed by atoms with E-state index < -0.39 is 34.1 Å². The number of hydrogen-bond acceptors (Lipinski definition) is 8. The highest BCUT2D eigenvalue weighted by Gasteiger charge is 2.72. The first-order valence-corrected chi connectivity index (χ1v) is 23.0. The molecule has 0 amide bonds. The van der Waals surface area contributed by atoms with Crippen molar-refractivity contribution >= 4 is 22.9 Å². The Hall–Kier alpha value is -3.21. The molecule has 9 nitrogen and oxygen atoms in total. The number of fused-ring (bicyclic) bond motifs is 6. The molecule has 324 valence electrons. The zero-order chi connectivity index (χ0) is 42.9. The number of aliphatic imine (C=N–C) groups is 1. The summed E-state index contributed by atoms with van der Waals surface area (Å²) in [5, 5.41) is 38.1. The first-order valence-electron chi connectivity index (χ1n) is 23.0. The summed E-state index contributed by atoms with van der Waals surface area (Å²) in [6, 6.07) is 6.38. The number of ketones is 2. The van der Waals surface area contributed by atoms with Crippen LogP contribution >= 0.6 is 0 Å². The van der Waals surface area contributed by atoms with Gasteiger partial charge in [-0.2, -0.15) is 0 Å². The molecule has 4 aliphatic carbocycles. The third kappa shape index (κ3) is 6.21. The van der Waals surface area contributed by atoms with Crippen LogP contribution in [0.5, 0.6) is 0 Å². The van der Waals surface area contributed by atoms with E-state index in [1.165, 1.54) is 5.56 Å². The van der Waals surface area contributed by atoms with Gasteiger partial charge in [0.05, 0.1) is 35.8 Å². The van der Waals surface area contributed by atoms with Crippen LogP contribution in [0.3, 0.4) is 0 Å². The normalized spacial score (nSPS) is 40.4. The number of carbonyl (C=O) groups excluding carboxylic acids is 2. The van der Waals surface area contributed by atoms with E-state index in [1.54, 1.807) is 0 Å². The highest BCUT2D eigenvalue weighted by atomic mass is 16.6. The van der Waals surface area contributed by atoms with Crippen LogP contribution in [0.4, 0.5) is 0 Å². The van der Waals surface area contributed by atoms with E-state index in [0.29, 0.717) is 43.1 Å². The average molecular weight is 821 g/mol. The fourth-order valence-electron chi connectivity index (χ4n) is 14.8. The molecule has 0 spiro atoms. The van der Waals surface area contributed by atoms with Gasteiger partial charge in [-0.3, -0.25) is 19.5 Å². The lowest BCUT2D eigenvalue weighted by molar-refractivity contribution is -0.856. The maximum atomic E-state index is 14.8. The van der Waals surface area contributed by atoms with Gasteiger partial charge in [0, 0.05) is 43.1 Å². The zero-order valence-electron chi connectivity index (χ0n) is 37.4. The number of ether oxygens (including phenoxy) is 2. The van der Waals surface area contributed by atoms with E-state index in [4.69, 9.17) is 14.5 Å². The summed E-state index contributed by atoms with van der Waals surface area (Å²) in [7, 11) is 0. The van der Waals surface area contributed by atoms with Gasteiger partial charge in [-0.25, -0.2) is 0 Å². The molecule has 0 aromatic heterocycles. The maximum absolute atomic E-state index is 14.8. The highest BCUT2D eigenvalue weighted by molar-refractivity contribution is 6.17. The summed E-state index contributed by atoms with van der Waals surface area (Å²) in [5.41, 5.74) is 5.26. The van der Waals surface area contributed by atoms with Gasteiger partial charge in [-0.05, 0) is 128 Å². The molecule has 5 fully saturated rings.